The molecule has 0 saturated heterocycles. The number of aliphatic hydroxyl groups excluding tert-OH is 1. The van der Waals surface area contributed by atoms with Crippen LogP contribution in [0, 0.1) is 6.92 Å². The fourth-order valence-corrected chi connectivity index (χ4v) is 1.45. The number of hydrogen-bond acceptors (Lipinski definition) is 1. The number of hydrogen-bond donors (Lipinski definition) is 1. The Balaban J connectivity index is 2.79. The maximum absolute atomic E-state index is 8.91. The summed E-state index contributed by atoms with van der Waals surface area (Å²) in [6.07, 6.45) is 2.10. The largest absolute Gasteiger partial charge is 0.392 e. The molecule has 1 N–H and O–H groups in total. The van der Waals surface area contributed by atoms with Crippen LogP contribution in [-0.4, -0.2) is 11.7 Å². The summed E-state index contributed by atoms with van der Waals surface area (Å²) >= 11 is 0. The Bertz CT molecular complexity index is 309. The number of aryl methyl sites for hydroxylation is 1. The molecule has 0 radical (unpaired) electrons. The lowest BCUT2D eigenvalue weighted by molar-refractivity contribution is 0.330. The minimum absolute atomic E-state index is 0.149. The Hall–Kier alpha value is -1.08. The molecule has 0 saturated carbocycles. The summed E-state index contributed by atoms with van der Waals surface area (Å²) in [6, 6.07) is 8.52. The number of aliphatic hydroxyl groups is 1. The van der Waals surface area contributed by atoms with E-state index in [1.54, 1.807) is 0 Å². The first-order valence-corrected chi connectivity index (χ1v) is 4.98. The zero-order valence-corrected chi connectivity index (χ0v) is 9.12. The van der Waals surface area contributed by atoms with Crippen LogP contribution in [0.1, 0.15) is 30.9 Å². The molecule has 0 aromatic heterocycles. The Kier molecular flexibility index (Phi) is 3.90. The van der Waals surface area contributed by atoms with Gasteiger partial charge in [0.2, 0.25) is 0 Å². The van der Waals surface area contributed by atoms with Crippen molar-refractivity contribution in [2.75, 3.05) is 6.61 Å². The SMILES string of the molecule is CC(=CC(C)c1ccc(C)cc1)CO. The molecule has 0 amide bonds. The first-order valence-electron chi connectivity index (χ1n) is 4.98. The Morgan fingerprint density at radius 2 is 1.93 bits per heavy atom. The average molecular weight is 190 g/mol. The molecule has 1 aromatic rings. The average Bonchev–Trinajstić information content (AvgIpc) is 2.18. The molecule has 0 spiro atoms. The van der Waals surface area contributed by atoms with Gasteiger partial charge in [-0.3, -0.25) is 0 Å². The van der Waals surface area contributed by atoms with E-state index in [1.165, 1.54) is 11.1 Å². The van der Waals surface area contributed by atoms with Gasteiger partial charge in [0.25, 0.3) is 0 Å². The van der Waals surface area contributed by atoms with E-state index in [1.807, 2.05) is 6.92 Å². The third-order valence-electron chi connectivity index (χ3n) is 2.39. The Morgan fingerprint density at radius 3 is 2.43 bits per heavy atom. The highest BCUT2D eigenvalue weighted by Crippen LogP contribution is 2.18. The van der Waals surface area contributed by atoms with Crippen molar-refractivity contribution in [3.8, 4) is 0 Å². The second-order valence-corrected chi connectivity index (χ2v) is 3.87. The van der Waals surface area contributed by atoms with E-state index in [9.17, 15) is 0 Å². The zero-order chi connectivity index (χ0) is 10.6. The van der Waals surface area contributed by atoms with Crippen LogP contribution < -0.4 is 0 Å². The third-order valence-corrected chi connectivity index (χ3v) is 2.39. The summed E-state index contributed by atoms with van der Waals surface area (Å²) in [4.78, 5) is 0. The van der Waals surface area contributed by atoms with Crippen LogP contribution in [0.3, 0.4) is 0 Å². The molecule has 0 aliphatic rings. The molecule has 1 nitrogen and oxygen atoms in total. The summed E-state index contributed by atoms with van der Waals surface area (Å²) in [5.74, 6) is 0.378. The summed E-state index contributed by atoms with van der Waals surface area (Å²) in [6.45, 7) is 6.33. The van der Waals surface area contributed by atoms with Crippen LogP contribution in [0.2, 0.25) is 0 Å². The van der Waals surface area contributed by atoms with Gasteiger partial charge in [0.1, 0.15) is 0 Å². The van der Waals surface area contributed by atoms with Gasteiger partial charge in [-0.1, -0.05) is 48.4 Å². The van der Waals surface area contributed by atoms with Gasteiger partial charge in [-0.25, -0.2) is 0 Å². The van der Waals surface area contributed by atoms with Crippen molar-refractivity contribution in [2.24, 2.45) is 0 Å². The van der Waals surface area contributed by atoms with E-state index in [0.29, 0.717) is 5.92 Å². The van der Waals surface area contributed by atoms with Crippen molar-refractivity contribution in [1.82, 2.24) is 0 Å². The standard InChI is InChI=1S/C13H18O/c1-10-4-6-13(7-5-10)12(3)8-11(2)9-14/h4-8,12,14H,9H2,1-3H3. The van der Waals surface area contributed by atoms with Crippen molar-refractivity contribution in [2.45, 2.75) is 26.7 Å². The van der Waals surface area contributed by atoms with Crippen LogP contribution in [0.15, 0.2) is 35.9 Å². The van der Waals surface area contributed by atoms with E-state index in [0.717, 1.165) is 5.57 Å². The van der Waals surface area contributed by atoms with Gasteiger partial charge < -0.3 is 5.11 Å². The summed E-state index contributed by atoms with van der Waals surface area (Å²) < 4.78 is 0. The second kappa shape index (κ2) is 4.97. The summed E-state index contributed by atoms with van der Waals surface area (Å²) in [5.41, 5.74) is 3.60. The monoisotopic (exact) mass is 190 g/mol. The molecule has 76 valence electrons. The minimum Gasteiger partial charge on any atom is -0.392 e. The van der Waals surface area contributed by atoms with Gasteiger partial charge in [-0.15, -0.1) is 0 Å². The van der Waals surface area contributed by atoms with E-state index in [2.05, 4.69) is 44.2 Å². The molecule has 1 heteroatoms. The van der Waals surface area contributed by atoms with Gasteiger partial charge in [-0.05, 0) is 25.3 Å². The highest BCUT2D eigenvalue weighted by molar-refractivity contribution is 5.27. The lowest BCUT2D eigenvalue weighted by Crippen LogP contribution is -1.93. The van der Waals surface area contributed by atoms with Crippen LogP contribution in [0.25, 0.3) is 0 Å². The zero-order valence-electron chi connectivity index (χ0n) is 9.12. The lowest BCUT2D eigenvalue weighted by Gasteiger charge is -2.08. The van der Waals surface area contributed by atoms with Gasteiger partial charge in [-0.2, -0.15) is 0 Å². The van der Waals surface area contributed by atoms with Gasteiger partial charge >= 0.3 is 0 Å². The van der Waals surface area contributed by atoms with Crippen molar-refractivity contribution in [1.29, 1.82) is 0 Å². The van der Waals surface area contributed by atoms with Gasteiger partial charge in [0.05, 0.1) is 6.61 Å². The van der Waals surface area contributed by atoms with Crippen LogP contribution in [-0.2, 0) is 0 Å². The van der Waals surface area contributed by atoms with E-state index in [4.69, 9.17) is 5.11 Å². The predicted octanol–water partition coefficient (Wildman–Crippen LogP) is 3.04. The lowest BCUT2D eigenvalue weighted by atomic mass is 9.98. The summed E-state index contributed by atoms with van der Waals surface area (Å²) in [5, 5.41) is 8.91. The molecule has 14 heavy (non-hydrogen) atoms. The highest BCUT2D eigenvalue weighted by Gasteiger charge is 2.01. The van der Waals surface area contributed by atoms with Crippen LogP contribution in [0.5, 0.6) is 0 Å². The molecule has 0 aliphatic carbocycles. The molecule has 1 rings (SSSR count). The van der Waals surface area contributed by atoms with E-state index < -0.39 is 0 Å². The number of rotatable bonds is 3. The number of allylic oxidation sites excluding steroid dienone is 1. The highest BCUT2D eigenvalue weighted by atomic mass is 16.3. The van der Waals surface area contributed by atoms with Gasteiger partial charge in [0, 0.05) is 0 Å². The van der Waals surface area contributed by atoms with Gasteiger partial charge in [0.15, 0.2) is 0 Å². The predicted molar refractivity (Wildman–Crippen MR) is 60.4 cm³/mol. The molecule has 0 fully saturated rings. The molecule has 0 aliphatic heterocycles. The van der Waals surface area contributed by atoms with Crippen molar-refractivity contribution in [3.63, 3.8) is 0 Å². The van der Waals surface area contributed by atoms with Crippen LogP contribution >= 0.6 is 0 Å². The Labute approximate surface area is 86.1 Å². The quantitative estimate of drug-likeness (QED) is 0.726. The smallest absolute Gasteiger partial charge is 0.0639 e. The minimum atomic E-state index is 0.149. The fourth-order valence-electron chi connectivity index (χ4n) is 1.45. The third kappa shape index (κ3) is 3.00. The molecule has 1 aromatic carbocycles. The topological polar surface area (TPSA) is 20.2 Å². The van der Waals surface area contributed by atoms with Crippen molar-refractivity contribution >= 4 is 0 Å². The molecule has 1 unspecified atom stereocenters. The normalized spacial score (nSPS) is 14.1. The summed E-state index contributed by atoms with van der Waals surface area (Å²) in [7, 11) is 0. The first kappa shape index (κ1) is 11.0. The second-order valence-electron chi connectivity index (χ2n) is 3.87. The molecule has 0 bridgehead atoms. The van der Waals surface area contributed by atoms with E-state index in [-0.39, 0.29) is 6.61 Å². The van der Waals surface area contributed by atoms with Crippen molar-refractivity contribution < 1.29 is 5.11 Å². The fraction of sp³-hybridized carbons (Fsp3) is 0.385. The molecule has 0 heterocycles. The maximum atomic E-state index is 8.91. The maximum Gasteiger partial charge on any atom is 0.0639 e. The van der Waals surface area contributed by atoms with Crippen molar-refractivity contribution in [3.05, 3.63) is 47.0 Å². The first-order chi connectivity index (χ1) is 6.63. The van der Waals surface area contributed by atoms with E-state index >= 15 is 0 Å². The molecular weight excluding hydrogens is 172 g/mol. The molecule has 1 atom stereocenters. The molecular formula is C13H18O. The number of benzene rings is 1. The Morgan fingerprint density at radius 1 is 1.36 bits per heavy atom. The van der Waals surface area contributed by atoms with Crippen LogP contribution in [0.4, 0.5) is 0 Å².